The number of nitrogens with zero attached hydrogens (tertiary/aromatic N) is 3. The molecule has 0 radical (unpaired) electrons. The zero-order chi connectivity index (χ0) is 16.7. The number of hydrogen-bond acceptors (Lipinski definition) is 4. The van der Waals surface area contributed by atoms with Crippen molar-refractivity contribution < 1.29 is 0 Å². The average Bonchev–Trinajstić information content (AvgIpc) is 2.94. The lowest BCUT2D eigenvalue weighted by atomic mass is 9.97. The maximum absolute atomic E-state index is 13.0. The van der Waals surface area contributed by atoms with Crippen LogP contribution >= 0.6 is 11.3 Å². The molecule has 122 valence electrons. The summed E-state index contributed by atoms with van der Waals surface area (Å²) >= 11 is 1.68. The number of aryl methyl sites for hydroxylation is 4. The average molecular weight is 337 g/mol. The van der Waals surface area contributed by atoms with Crippen LogP contribution in [0.5, 0.6) is 0 Å². The van der Waals surface area contributed by atoms with E-state index in [1.165, 1.54) is 27.1 Å². The Morgan fingerprint density at radius 1 is 1.17 bits per heavy atom. The molecule has 0 fully saturated rings. The molecule has 3 aromatic rings. The zero-order valence-electron chi connectivity index (χ0n) is 13.9. The lowest BCUT2D eigenvalue weighted by molar-refractivity contribution is 0.698. The van der Waals surface area contributed by atoms with Crippen LogP contribution in [0.2, 0.25) is 0 Å². The normalized spacial score (nSPS) is 14.4. The molecule has 5 heteroatoms. The number of thiophene rings is 1. The molecule has 2 heterocycles. The molecule has 0 unspecified atom stereocenters. The van der Waals surface area contributed by atoms with Crippen molar-refractivity contribution in [2.75, 3.05) is 0 Å². The fourth-order valence-corrected chi connectivity index (χ4v) is 4.51. The van der Waals surface area contributed by atoms with Crippen molar-refractivity contribution in [3.8, 4) is 0 Å². The van der Waals surface area contributed by atoms with Gasteiger partial charge in [-0.25, -0.2) is 4.98 Å². The highest BCUT2D eigenvalue weighted by molar-refractivity contribution is 7.18. The minimum Gasteiger partial charge on any atom is -0.267 e. The topological polar surface area (TPSA) is 47.2 Å². The number of hydrogen-bond donors (Lipinski definition) is 0. The van der Waals surface area contributed by atoms with Crippen molar-refractivity contribution >= 4 is 27.8 Å². The fourth-order valence-electron chi connectivity index (χ4n) is 3.21. The van der Waals surface area contributed by atoms with Gasteiger partial charge in [-0.2, -0.15) is 9.78 Å². The van der Waals surface area contributed by atoms with E-state index in [0.29, 0.717) is 5.82 Å². The summed E-state index contributed by atoms with van der Waals surface area (Å²) in [5, 5.41) is 5.18. The van der Waals surface area contributed by atoms with E-state index in [9.17, 15) is 4.79 Å². The highest BCUT2D eigenvalue weighted by Crippen LogP contribution is 2.33. The molecule has 4 nitrogen and oxygen atoms in total. The molecule has 24 heavy (non-hydrogen) atoms. The number of aromatic nitrogens is 2. The molecule has 0 N–H and O–H groups in total. The van der Waals surface area contributed by atoms with Gasteiger partial charge >= 0.3 is 0 Å². The summed E-state index contributed by atoms with van der Waals surface area (Å²) in [6.07, 6.45) is 6.13. The molecule has 1 aliphatic rings. The highest BCUT2D eigenvalue weighted by Gasteiger charge is 2.20. The van der Waals surface area contributed by atoms with E-state index in [2.05, 4.69) is 10.1 Å². The Labute approximate surface area is 144 Å². The van der Waals surface area contributed by atoms with Gasteiger partial charge in [0.25, 0.3) is 5.56 Å². The summed E-state index contributed by atoms with van der Waals surface area (Å²) in [4.78, 5) is 19.8. The maximum Gasteiger partial charge on any atom is 0.283 e. The Bertz CT molecular complexity index is 996. The summed E-state index contributed by atoms with van der Waals surface area (Å²) < 4.78 is 1.43. The van der Waals surface area contributed by atoms with Crippen LogP contribution in [0.1, 0.15) is 40.2 Å². The van der Waals surface area contributed by atoms with Crippen molar-refractivity contribution in [3.63, 3.8) is 0 Å². The second-order valence-corrected chi connectivity index (χ2v) is 7.41. The molecule has 0 atom stereocenters. The Morgan fingerprint density at radius 2 is 1.92 bits per heavy atom. The zero-order valence-corrected chi connectivity index (χ0v) is 14.7. The summed E-state index contributed by atoms with van der Waals surface area (Å²) in [6, 6.07) is 8.07. The Balaban J connectivity index is 1.83. The molecule has 0 bridgehead atoms. The molecule has 0 amide bonds. The first kappa shape index (κ1) is 15.3. The van der Waals surface area contributed by atoms with E-state index < -0.39 is 0 Å². The van der Waals surface area contributed by atoms with E-state index in [0.717, 1.165) is 35.0 Å². The summed E-state index contributed by atoms with van der Waals surface area (Å²) in [7, 11) is 0. The van der Waals surface area contributed by atoms with Crippen LogP contribution < -0.4 is 5.56 Å². The van der Waals surface area contributed by atoms with E-state index in [-0.39, 0.29) is 5.56 Å². The van der Waals surface area contributed by atoms with Gasteiger partial charge in [0, 0.05) is 4.88 Å². The van der Waals surface area contributed by atoms with Crippen LogP contribution in [0, 0.1) is 13.8 Å². The number of benzene rings is 1. The van der Waals surface area contributed by atoms with Gasteiger partial charge in [-0.3, -0.25) is 4.79 Å². The van der Waals surface area contributed by atoms with Crippen LogP contribution in [0.3, 0.4) is 0 Å². The third-order valence-electron chi connectivity index (χ3n) is 4.53. The highest BCUT2D eigenvalue weighted by atomic mass is 32.1. The number of fused-ring (bicyclic) bond motifs is 3. The largest absolute Gasteiger partial charge is 0.283 e. The quantitative estimate of drug-likeness (QED) is 0.667. The lowest BCUT2D eigenvalue weighted by Crippen LogP contribution is -2.21. The van der Waals surface area contributed by atoms with Crippen molar-refractivity contribution in [2.24, 2.45) is 5.10 Å². The van der Waals surface area contributed by atoms with Crippen molar-refractivity contribution in [3.05, 3.63) is 62.0 Å². The molecule has 0 spiro atoms. The fraction of sp³-hybridized carbons (Fsp3) is 0.316. The van der Waals surface area contributed by atoms with Gasteiger partial charge in [-0.15, -0.1) is 11.3 Å². The first-order valence-electron chi connectivity index (χ1n) is 8.28. The van der Waals surface area contributed by atoms with Crippen LogP contribution in [-0.4, -0.2) is 15.9 Å². The molecule has 2 aromatic heterocycles. The van der Waals surface area contributed by atoms with Gasteiger partial charge in [0.2, 0.25) is 0 Å². The Morgan fingerprint density at radius 3 is 2.71 bits per heavy atom. The van der Waals surface area contributed by atoms with E-state index >= 15 is 0 Å². The maximum atomic E-state index is 13.0. The third kappa shape index (κ3) is 2.59. The standard InChI is InChI=1S/C19H19N3OS/c1-12-7-9-14(10-8-12)11-20-22-13(2)21-18-17(19(22)23)15-5-3-4-6-16(15)24-18/h7-11H,3-6H2,1-2H3/b20-11+. The van der Waals surface area contributed by atoms with Gasteiger partial charge in [-0.1, -0.05) is 29.8 Å². The van der Waals surface area contributed by atoms with Crippen LogP contribution in [0.4, 0.5) is 0 Å². The lowest BCUT2D eigenvalue weighted by Gasteiger charge is -2.10. The van der Waals surface area contributed by atoms with Gasteiger partial charge in [0.15, 0.2) is 0 Å². The predicted octanol–water partition coefficient (Wildman–Crippen LogP) is 3.84. The van der Waals surface area contributed by atoms with Crippen molar-refractivity contribution in [1.82, 2.24) is 9.66 Å². The molecule has 1 aliphatic carbocycles. The van der Waals surface area contributed by atoms with Crippen molar-refractivity contribution in [1.29, 1.82) is 0 Å². The molecule has 0 saturated heterocycles. The van der Waals surface area contributed by atoms with Gasteiger partial charge in [0.05, 0.1) is 11.6 Å². The van der Waals surface area contributed by atoms with Crippen LogP contribution in [0.15, 0.2) is 34.2 Å². The SMILES string of the molecule is Cc1ccc(/C=N/n2c(C)nc3sc4c(c3c2=O)CCCC4)cc1. The second kappa shape index (κ2) is 5.98. The smallest absolute Gasteiger partial charge is 0.267 e. The predicted molar refractivity (Wildman–Crippen MR) is 99.4 cm³/mol. The van der Waals surface area contributed by atoms with E-state index in [4.69, 9.17) is 0 Å². The number of rotatable bonds is 2. The van der Waals surface area contributed by atoms with Crippen LogP contribution in [0.25, 0.3) is 10.2 Å². The molecule has 0 aliphatic heterocycles. The summed E-state index contributed by atoms with van der Waals surface area (Å²) in [5.41, 5.74) is 3.34. The van der Waals surface area contributed by atoms with E-state index in [1.54, 1.807) is 17.6 Å². The van der Waals surface area contributed by atoms with Crippen molar-refractivity contribution in [2.45, 2.75) is 39.5 Å². The monoisotopic (exact) mass is 337 g/mol. The summed E-state index contributed by atoms with van der Waals surface area (Å²) in [6.45, 7) is 3.89. The summed E-state index contributed by atoms with van der Waals surface area (Å²) in [5.74, 6) is 0.634. The van der Waals surface area contributed by atoms with Crippen LogP contribution in [-0.2, 0) is 12.8 Å². The molecule has 4 rings (SSSR count). The van der Waals surface area contributed by atoms with E-state index in [1.807, 2.05) is 38.1 Å². The molecule has 1 aromatic carbocycles. The third-order valence-corrected chi connectivity index (χ3v) is 5.71. The Hall–Kier alpha value is -2.27. The Kier molecular flexibility index (Phi) is 3.81. The minimum absolute atomic E-state index is 0.0414. The van der Waals surface area contributed by atoms with Gasteiger partial charge in [-0.05, 0) is 50.7 Å². The minimum atomic E-state index is -0.0414. The molecular formula is C19H19N3OS. The molecular weight excluding hydrogens is 318 g/mol. The second-order valence-electron chi connectivity index (χ2n) is 6.32. The van der Waals surface area contributed by atoms with Gasteiger partial charge in [0.1, 0.15) is 10.7 Å². The molecule has 0 saturated carbocycles. The van der Waals surface area contributed by atoms with Gasteiger partial charge < -0.3 is 0 Å². The first-order valence-corrected chi connectivity index (χ1v) is 9.10. The first-order chi connectivity index (χ1) is 11.6.